The number of allylic oxidation sites excluding steroid dienone is 1. The van der Waals surface area contributed by atoms with Gasteiger partial charge < -0.3 is 19.3 Å². The topological polar surface area (TPSA) is 82.1 Å². The van der Waals surface area contributed by atoms with Gasteiger partial charge in [0, 0.05) is 13.3 Å². The first-order valence-corrected chi connectivity index (χ1v) is 9.34. The predicted molar refractivity (Wildman–Crippen MR) is 110 cm³/mol. The molecule has 6 nitrogen and oxygen atoms in total. The maximum Gasteiger partial charge on any atom is 0.335 e. The van der Waals surface area contributed by atoms with E-state index in [4.69, 9.17) is 19.3 Å². The third kappa shape index (κ3) is 11.2. The fourth-order valence-corrected chi connectivity index (χ4v) is 2.09. The van der Waals surface area contributed by atoms with E-state index in [1.807, 2.05) is 31.2 Å². The molecule has 0 radical (unpaired) electrons. The van der Waals surface area contributed by atoms with Crippen molar-refractivity contribution in [2.45, 2.75) is 52.6 Å². The Morgan fingerprint density at radius 2 is 1.96 bits per heavy atom. The molecule has 0 heterocycles. The minimum Gasteiger partial charge on any atom is -0.493 e. The van der Waals surface area contributed by atoms with Crippen LogP contribution in [-0.4, -0.2) is 36.9 Å². The highest BCUT2D eigenvalue weighted by atomic mass is 16.6. The molecule has 1 unspecified atom stereocenters. The molecule has 0 aliphatic carbocycles. The molecule has 28 heavy (non-hydrogen) atoms. The number of carbonyl (C=O) groups is 2. The van der Waals surface area contributed by atoms with Crippen LogP contribution in [0.2, 0.25) is 0 Å². The van der Waals surface area contributed by atoms with Crippen LogP contribution in [0.3, 0.4) is 0 Å². The number of hydrogen-bond acceptors (Lipinski definition) is 6. The first-order chi connectivity index (χ1) is 13.4. The Hall–Kier alpha value is -2.60. The zero-order valence-corrected chi connectivity index (χ0v) is 17.3. The van der Waals surface area contributed by atoms with E-state index >= 15 is 0 Å². The van der Waals surface area contributed by atoms with Gasteiger partial charge in [0.25, 0.3) is 0 Å². The normalized spacial score (nSPS) is 11.2. The van der Waals surface area contributed by atoms with Crippen molar-refractivity contribution in [1.82, 2.24) is 0 Å². The predicted octanol–water partition coefficient (Wildman–Crippen LogP) is 4.31. The zero-order valence-electron chi connectivity index (χ0n) is 17.3. The number of unbranched alkanes of at least 4 members (excludes halogenated alkanes) is 2. The summed E-state index contributed by atoms with van der Waals surface area (Å²) >= 11 is 0. The molecule has 0 amide bonds. The van der Waals surface area contributed by atoms with Crippen LogP contribution in [0.5, 0.6) is 11.5 Å². The molecule has 0 spiro atoms. The molecule has 1 N–H and O–H groups in total. The van der Waals surface area contributed by atoms with Gasteiger partial charge >= 0.3 is 11.9 Å². The molecule has 156 valence electrons. The number of carbonyl (C=O) groups excluding carboxylic acids is 2. The average Bonchev–Trinajstić information content (AvgIpc) is 2.66. The highest BCUT2D eigenvalue weighted by Crippen LogP contribution is 2.28. The van der Waals surface area contributed by atoms with Gasteiger partial charge in [-0.2, -0.15) is 0 Å². The van der Waals surface area contributed by atoms with Crippen molar-refractivity contribution in [3.8, 4) is 11.5 Å². The van der Waals surface area contributed by atoms with Crippen molar-refractivity contribution in [1.29, 1.82) is 0 Å². The van der Waals surface area contributed by atoms with Crippen LogP contribution in [0.4, 0.5) is 0 Å². The number of ether oxygens (including phenoxy) is 3. The molecule has 0 fully saturated rings. The molecular formula is C22H32O6. The summed E-state index contributed by atoms with van der Waals surface area (Å²) in [5, 5.41) is 9.13. The van der Waals surface area contributed by atoms with E-state index in [0.29, 0.717) is 18.1 Å². The minimum atomic E-state index is -1.04. The molecule has 0 aliphatic rings. The second-order valence-corrected chi connectivity index (χ2v) is 5.92. The first-order valence-electron chi connectivity index (χ1n) is 9.34. The third-order valence-corrected chi connectivity index (χ3v) is 3.45. The summed E-state index contributed by atoms with van der Waals surface area (Å²) in [4.78, 5) is 21.8. The summed E-state index contributed by atoms with van der Waals surface area (Å²) in [5.41, 5.74) is 1.00. The van der Waals surface area contributed by atoms with Gasteiger partial charge in [0.15, 0.2) is 17.6 Å². The van der Waals surface area contributed by atoms with Gasteiger partial charge in [-0.05, 0) is 31.0 Å². The van der Waals surface area contributed by atoms with Crippen LogP contribution in [0.15, 0.2) is 36.9 Å². The molecule has 1 atom stereocenters. The van der Waals surface area contributed by atoms with Gasteiger partial charge in [-0.3, -0.25) is 4.79 Å². The number of aliphatic hydroxyl groups is 1. The first kappa shape index (κ1) is 25.4. The Morgan fingerprint density at radius 3 is 2.50 bits per heavy atom. The van der Waals surface area contributed by atoms with Gasteiger partial charge in [-0.1, -0.05) is 44.1 Å². The monoisotopic (exact) mass is 392 g/mol. The molecular weight excluding hydrogens is 360 g/mol. The van der Waals surface area contributed by atoms with E-state index in [9.17, 15) is 9.59 Å². The molecule has 0 bridgehead atoms. The van der Waals surface area contributed by atoms with Gasteiger partial charge in [-0.15, -0.1) is 6.58 Å². The van der Waals surface area contributed by atoms with Crippen molar-refractivity contribution < 1.29 is 28.9 Å². The summed E-state index contributed by atoms with van der Waals surface area (Å²) in [6.45, 7) is 9.20. The number of hydrogen-bond donors (Lipinski definition) is 1. The lowest BCUT2D eigenvalue weighted by atomic mass is 10.2. The summed E-state index contributed by atoms with van der Waals surface area (Å²) < 4.78 is 14.9. The highest BCUT2D eigenvalue weighted by Gasteiger charge is 2.13. The van der Waals surface area contributed by atoms with E-state index in [1.165, 1.54) is 13.0 Å². The van der Waals surface area contributed by atoms with E-state index in [1.54, 1.807) is 13.2 Å². The van der Waals surface area contributed by atoms with Crippen molar-refractivity contribution in [3.05, 3.63) is 42.5 Å². The quantitative estimate of drug-likeness (QED) is 0.276. The summed E-state index contributed by atoms with van der Waals surface area (Å²) in [7, 11) is 1.54. The van der Waals surface area contributed by atoms with Gasteiger partial charge in [0.05, 0.1) is 13.7 Å². The fraction of sp³-hybridized carbons (Fsp3) is 0.455. The van der Waals surface area contributed by atoms with Crippen molar-refractivity contribution in [2.75, 3.05) is 13.7 Å². The SMILES string of the molecule is C=CCC(O)C(=O)OCCCCC.CC=Cc1ccc(OC(C)=O)c(OC)c1. The fourth-order valence-electron chi connectivity index (χ4n) is 2.09. The Kier molecular flexibility index (Phi) is 14.0. The average molecular weight is 392 g/mol. The van der Waals surface area contributed by atoms with Gasteiger partial charge in [0.2, 0.25) is 0 Å². The third-order valence-electron chi connectivity index (χ3n) is 3.45. The lowest BCUT2D eigenvalue weighted by Crippen LogP contribution is -2.22. The van der Waals surface area contributed by atoms with Gasteiger partial charge in [-0.25, -0.2) is 4.79 Å². The standard InChI is InChI=1S/C12H14O3.C10H18O3/c1-4-5-10-6-7-11(15-9(2)13)12(8-10)14-3;1-3-5-6-8-13-10(12)9(11)7-4-2/h4-8H,1-3H3;4,9,11H,2-3,5-8H2,1H3. The Labute approximate surface area is 167 Å². The molecule has 1 aromatic rings. The van der Waals surface area contributed by atoms with Crippen LogP contribution in [0.25, 0.3) is 6.08 Å². The number of rotatable bonds is 10. The number of benzene rings is 1. The molecule has 0 aromatic heterocycles. The number of aliphatic hydroxyl groups excluding tert-OH is 1. The van der Waals surface area contributed by atoms with Crippen LogP contribution < -0.4 is 9.47 Å². The van der Waals surface area contributed by atoms with Crippen LogP contribution in [-0.2, 0) is 14.3 Å². The Bertz CT molecular complexity index is 636. The lowest BCUT2D eigenvalue weighted by molar-refractivity contribution is -0.153. The molecule has 0 saturated heterocycles. The minimum absolute atomic E-state index is 0.257. The second kappa shape index (κ2) is 15.5. The molecule has 1 aromatic carbocycles. The second-order valence-electron chi connectivity index (χ2n) is 5.92. The maximum absolute atomic E-state index is 11.0. The van der Waals surface area contributed by atoms with Gasteiger partial charge in [0.1, 0.15) is 0 Å². The number of methoxy groups -OCH3 is 1. The van der Waals surface area contributed by atoms with Crippen LogP contribution in [0.1, 0.15) is 52.0 Å². The Balaban J connectivity index is 0.000000528. The summed E-state index contributed by atoms with van der Waals surface area (Å²) in [6.07, 6.45) is 7.59. The van der Waals surface area contributed by atoms with E-state index in [2.05, 4.69) is 13.5 Å². The zero-order chi connectivity index (χ0) is 21.4. The Morgan fingerprint density at radius 1 is 1.25 bits per heavy atom. The molecule has 0 aliphatic heterocycles. The van der Waals surface area contributed by atoms with Crippen LogP contribution in [0, 0.1) is 0 Å². The molecule has 1 rings (SSSR count). The smallest absolute Gasteiger partial charge is 0.335 e. The van der Waals surface area contributed by atoms with E-state index < -0.39 is 12.1 Å². The van der Waals surface area contributed by atoms with E-state index in [0.717, 1.165) is 24.8 Å². The van der Waals surface area contributed by atoms with E-state index in [-0.39, 0.29) is 12.4 Å². The summed E-state index contributed by atoms with van der Waals surface area (Å²) in [5.74, 6) is 0.0992. The largest absolute Gasteiger partial charge is 0.493 e. The van der Waals surface area contributed by atoms with Crippen molar-refractivity contribution in [3.63, 3.8) is 0 Å². The van der Waals surface area contributed by atoms with Crippen LogP contribution >= 0.6 is 0 Å². The highest BCUT2D eigenvalue weighted by molar-refractivity contribution is 5.74. The molecule has 0 saturated carbocycles. The maximum atomic E-state index is 11.0. The lowest BCUT2D eigenvalue weighted by Gasteiger charge is -2.08. The van der Waals surface area contributed by atoms with Crippen molar-refractivity contribution >= 4 is 18.0 Å². The number of esters is 2. The summed E-state index contributed by atoms with van der Waals surface area (Å²) in [6, 6.07) is 5.40. The molecule has 6 heteroatoms. The van der Waals surface area contributed by atoms with Crippen molar-refractivity contribution in [2.24, 2.45) is 0 Å².